The van der Waals surface area contributed by atoms with Gasteiger partial charge in [-0.2, -0.15) is 0 Å². The maximum atomic E-state index is 6.08. The van der Waals surface area contributed by atoms with Crippen LogP contribution in [0.2, 0.25) is 5.02 Å². The van der Waals surface area contributed by atoms with E-state index < -0.39 is 0 Å². The molecule has 1 aromatic carbocycles. The molecule has 1 aliphatic rings. The Morgan fingerprint density at radius 3 is 3.00 bits per heavy atom. The third-order valence-electron chi connectivity index (χ3n) is 3.68. The maximum Gasteiger partial charge on any atom is 0.123 e. The minimum Gasteiger partial charge on any atom is -0.493 e. The highest BCUT2D eigenvalue weighted by molar-refractivity contribution is 6.30. The van der Waals surface area contributed by atoms with Crippen LogP contribution >= 0.6 is 11.6 Å². The van der Waals surface area contributed by atoms with Gasteiger partial charge in [-0.25, -0.2) is 0 Å². The molecule has 1 unspecified atom stereocenters. The summed E-state index contributed by atoms with van der Waals surface area (Å²) in [5.74, 6) is 0.930. The molecule has 1 atom stereocenters. The van der Waals surface area contributed by atoms with Crippen LogP contribution in [0.25, 0.3) is 0 Å². The Labute approximate surface area is 133 Å². The fraction of sp³-hybridized carbons (Fsp3) is 0.647. The minimum atomic E-state index is 0.441. The molecule has 0 amide bonds. The summed E-state index contributed by atoms with van der Waals surface area (Å²) in [4.78, 5) is 0. The SMILES string of the molecule is CC(C)NCc1cc(Cl)ccc1OCCCC1CCCO1. The van der Waals surface area contributed by atoms with Crippen LogP contribution in [-0.2, 0) is 11.3 Å². The van der Waals surface area contributed by atoms with Crippen LogP contribution in [0.3, 0.4) is 0 Å². The van der Waals surface area contributed by atoms with Crippen LogP contribution in [0, 0.1) is 0 Å². The fourth-order valence-electron chi connectivity index (χ4n) is 2.51. The van der Waals surface area contributed by atoms with Crippen LogP contribution in [-0.4, -0.2) is 25.4 Å². The number of halogens is 1. The highest BCUT2D eigenvalue weighted by Crippen LogP contribution is 2.24. The third-order valence-corrected chi connectivity index (χ3v) is 3.91. The normalized spacial score (nSPS) is 18.4. The first-order chi connectivity index (χ1) is 10.1. The molecule has 2 rings (SSSR count). The van der Waals surface area contributed by atoms with Crippen molar-refractivity contribution >= 4 is 11.6 Å². The van der Waals surface area contributed by atoms with Crippen molar-refractivity contribution in [2.45, 2.75) is 58.2 Å². The van der Waals surface area contributed by atoms with Gasteiger partial charge >= 0.3 is 0 Å². The molecule has 0 spiro atoms. The van der Waals surface area contributed by atoms with Crippen LogP contribution in [0.4, 0.5) is 0 Å². The Bertz CT molecular complexity index is 431. The summed E-state index contributed by atoms with van der Waals surface area (Å²) in [6.07, 6.45) is 4.97. The summed E-state index contributed by atoms with van der Waals surface area (Å²) in [6.45, 7) is 6.70. The molecule has 1 aromatic rings. The number of rotatable bonds is 8. The Kier molecular flexibility index (Phi) is 6.81. The lowest BCUT2D eigenvalue weighted by atomic mass is 10.1. The van der Waals surface area contributed by atoms with Crippen LogP contribution in [0.5, 0.6) is 5.75 Å². The Morgan fingerprint density at radius 2 is 2.29 bits per heavy atom. The zero-order valence-electron chi connectivity index (χ0n) is 13.0. The second-order valence-electron chi connectivity index (χ2n) is 5.91. The molecule has 0 bridgehead atoms. The van der Waals surface area contributed by atoms with E-state index in [9.17, 15) is 0 Å². The van der Waals surface area contributed by atoms with Crippen molar-refractivity contribution in [3.05, 3.63) is 28.8 Å². The van der Waals surface area contributed by atoms with E-state index in [0.717, 1.165) is 48.9 Å². The fourth-order valence-corrected chi connectivity index (χ4v) is 2.70. The Morgan fingerprint density at radius 1 is 1.43 bits per heavy atom. The molecule has 0 radical (unpaired) electrons. The standard InChI is InChI=1S/C17H26ClNO2/c1-13(2)19-12-14-11-15(18)7-8-17(14)21-10-4-6-16-5-3-9-20-16/h7-8,11,13,16,19H,3-6,9-10,12H2,1-2H3. The van der Waals surface area contributed by atoms with Gasteiger partial charge in [-0.15, -0.1) is 0 Å². The molecule has 3 nitrogen and oxygen atoms in total. The predicted octanol–water partition coefficient (Wildman–Crippen LogP) is 4.18. The lowest BCUT2D eigenvalue weighted by Crippen LogP contribution is -2.22. The van der Waals surface area contributed by atoms with Crippen molar-refractivity contribution in [2.24, 2.45) is 0 Å². The molecular formula is C17H26ClNO2. The lowest BCUT2D eigenvalue weighted by Gasteiger charge is -2.15. The zero-order valence-corrected chi connectivity index (χ0v) is 13.8. The summed E-state index contributed by atoms with van der Waals surface area (Å²) in [5.41, 5.74) is 1.12. The summed E-state index contributed by atoms with van der Waals surface area (Å²) < 4.78 is 11.6. The molecule has 1 fully saturated rings. The molecular weight excluding hydrogens is 286 g/mol. The van der Waals surface area contributed by atoms with E-state index in [-0.39, 0.29) is 0 Å². The van der Waals surface area contributed by atoms with Gasteiger partial charge in [0.05, 0.1) is 12.7 Å². The molecule has 0 aliphatic carbocycles. The monoisotopic (exact) mass is 311 g/mol. The maximum absolute atomic E-state index is 6.08. The molecule has 1 aliphatic heterocycles. The van der Waals surface area contributed by atoms with Gasteiger partial charge < -0.3 is 14.8 Å². The quantitative estimate of drug-likeness (QED) is 0.731. The van der Waals surface area contributed by atoms with E-state index in [0.29, 0.717) is 12.1 Å². The molecule has 1 saturated heterocycles. The van der Waals surface area contributed by atoms with Crippen molar-refractivity contribution in [1.82, 2.24) is 5.32 Å². The van der Waals surface area contributed by atoms with E-state index in [4.69, 9.17) is 21.1 Å². The summed E-state index contributed by atoms with van der Waals surface area (Å²) >= 11 is 6.08. The number of benzene rings is 1. The third kappa shape index (κ3) is 5.85. The van der Waals surface area contributed by atoms with Gasteiger partial charge in [-0.05, 0) is 43.9 Å². The molecule has 0 saturated carbocycles. The largest absolute Gasteiger partial charge is 0.493 e. The average molecular weight is 312 g/mol. The highest BCUT2D eigenvalue weighted by atomic mass is 35.5. The first kappa shape index (κ1) is 16.6. The summed E-state index contributed by atoms with van der Waals surface area (Å²) in [5, 5.41) is 4.16. The van der Waals surface area contributed by atoms with E-state index in [1.165, 1.54) is 12.8 Å². The molecule has 4 heteroatoms. The molecule has 118 valence electrons. The van der Waals surface area contributed by atoms with E-state index in [1.54, 1.807) is 0 Å². The van der Waals surface area contributed by atoms with Crippen molar-refractivity contribution in [1.29, 1.82) is 0 Å². The van der Waals surface area contributed by atoms with Crippen molar-refractivity contribution in [3.63, 3.8) is 0 Å². The lowest BCUT2D eigenvalue weighted by molar-refractivity contribution is 0.0981. The van der Waals surface area contributed by atoms with Gasteiger partial charge in [-0.3, -0.25) is 0 Å². The number of hydrogen-bond acceptors (Lipinski definition) is 3. The van der Waals surface area contributed by atoms with Gasteiger partial charge in [0.2, 0.25) is 0 Å². The molecule has 21 heavy (non-hydrogen) atoms. The molecule has 1 heterocycles. The van der Waals surface area contributed by atoms with Gasteiger partial charge in [0.25, 0.3) is 0 Å². The molecule has 0 aromatic heterocycles. The Balaban J connectivity index is 1.80. The van der Waals surface area contributed by atoms with E-state index in [2.05, 4.69) is 19.2 Å². The summed E-state index contributed by atoms with van der Waals surface area (Å²) in [6, 6.07) is 6.27. The van der Waals surface area contributed by atoms with Gasteiger partial charge in [0.1, 0.15) is 5.75 Å². The van der Waals surface area contributed by atoms with Crippen LogP contribution < -0.4 is 10.1 Å². The highest BCUT2D eigenvalue weighted by Gasteiger charge is 2.14. The average Bonchev–Trinajstić information content (AvgIpc) is 2.96. The van der Waals surface area contributed by atoms with Crippen molar-refractivity contribution < 1.29 is 9.47 Å². The van der Waals surface area contributed by atoms with Crippen LogP contribution in [0.15, 0.2) is 18.2 Å². The molecule has 1 N–H and O–H groups in total. The predicted molar refractivity (Wildman–Crippen MR) is 87.1 cm³/mol. The minimum absolute atomic E-state index is 0.441. The van der Waals surface area contributed by atoms with Crippen LogP contribution in [0.1, 0.15) is 45.1 Å². The smallest absolute Gasteiger partial charge is 0.123 e. The van der Waals surface area contributed by atoms with Gasteiger partial charge in [0.15, 0.2) is 0 Å². The second-order valence-corrected chi connectivity index (χ2v) is 6.35. The Hall–Kier alpha value is -0.770. The van der Waals surface area contributed by atoms with Gasteiger partial charge in [0, 0.05) is 29.8 Å². The number of nitrogens with one attached hydrogen (secondary N) is 1. The number of hydrogen-bond donors (Lipinski definition) is 1. The zero-order chi connectivity index (χ0) is 15.1. The van der Waals surface area contributed by atoms with Crippen molar-refractivity contribution in [2.75, 3.05) is 13.2 Å². The first-order valence-corrected chi connectivity index (χ1v) is 8.29. The van der Waals surface area contributed by atoms with E-state index >= 15 is 0 Å². The van der Waals surface area contributed by atoms with E-state index in [1.807, 2.05) is 18.2 Å². The van der Waals surface area contributed by atoms with Crippen molar-refractivity contribution in [3.8, 4) is 5.75 Å². The van der Waals surface area contributed by atoms with Gasteiger partial charge in [-0.1, -0.05) is 25.4 Å². The topological polar surface area (TPSA) is 30.5 Å². The first-order valence-electron chi connectivity index (χ1n) is 7.91. The summed E-state index contributed by atoms with van der Waals surface area (Å²) in [7, 11) is 0. The second kappa shape index (κ2) is 8.62. The number of ether oxygens (including phenoxy) is 2.